The molecule has 0 spiro atoms. The molecule has 41 heavy (non-hydrogen) atoms. The minimum atomic E-state index is -0.451. The first-order valence-electron chi connectivity index (χ1n) is 14.0. The molecule has 1 atom stereocenters. The van der Waals surface area contributed by atoms with E-state index in [2.05, 4.69) is 20.2 Å². The quantitative estimate of drug-likeness (QED) is 0.457. The van der Waals surface area contributed by atoms with Gasteiger partial charge in [-0.15, -0.1) is 0 Å². The molecule has 0 bridgehead atoms. The second-order valence-electron chi connectivity index (χ2n) is 10.5. The lowest BCUT2D eigenvalue weighted by Gasteiger charge is -2.36. The number of anilines is 4. The summed E-state index contributed by atoms with van der Waals surface area (Å²) in [5, 5.41) is 3.34. The summed E-state index contributed by atoms with van der Waals surface area (Å²) in [5.41, 5.74) is 4.31. The van der Waals surface area contributed by atoms with Crippen molar-refractivity contribution < 1.29 is 23.5 Å². The van der Waals surface area contributed by atoms with E-state index in [1.165, 1.54) is 11.0 Å². The van der Waals surface area contributed by atoms with Gasteiger partial charge in [0.15, 0.2) is 0 Å². The van der Waals surface area contributed by atoms with Crippen LogP contribution in [0.25, 0.3) is 11.1 Å². The Bertz CT molecular complexity index is 1480. The van der Waals surface area contributed by atoms with E-state index >= 15 is 4.39 Å². The van der Waals surface area contributed by atoms with Crippen LogP contribution in [-0.4, -0.2) is 73.1 Å². The first kappa shape index (κ1) is 26.9. The molecule has 2 aromatic heterocycles. The highest BCUT2D eigenvalue weighted by molar-refractivity contribution is 5.96. The van der Waals surface area contributed by atoms with Crippen LogP contribution < -0.4 is 19.9 Å². The van der Waals surface area contributed by atoms with Crippen molar-refractivity contribution in [3.8, 4) is 16.9 Å². The Morgan fingerprint density at radius 3 is 2.68 bits per heavy atom. The molecule has 0 saturated carbocycles. The maximum absolute atomic E-state index is 15.1. The molecule has 10 nitrogen and oxygen atoms in total. The third kappa shape index (κ3) is 5.41. The van der Waals surface area contributed by atoms with Crippen molar-refractivity contribution in [3.05, 3.63) is 54.2 Å². The number of halogens is 1. The normalized spacial score (nSPS) is 18.2. The second-order valence-corrected chi connectivity index (χ2v) is 10.5. The molecule has 2 fully saturated rings. The van der Waals surface area contributed by atoms with Crippen LogP contribution >= 0.6 is 0 Å². The number of aromatic nitrogens is 2. The average Bonchev–Trinajstić information content (AvgIpc) is 3.42. The molecule has 1 aromatic carbocycles. The van der Waals surface area contributed by atoms with Gasteiger partial charge in [-0.25, -0.2) is 9.37 Å². The highest BCUT2D eigenvalue weighted by Crippen LogP contribution is 2.45. The van der Waals surface area contributed by atoms with Gasteiger partial charge in [0.25, 0.3) is 0 Å². The zero-order valence-electron chi connectivity index (χ0n) is 23.2. The second kappa shape index (κ2) is 11.3. The predicted octanol–water partition coefficient (Wildman–Crippen LogP) is 4.29. The Hall–Kier alpha value is -4.25. The monoisotopic (exact) mass is 560 g/mol. The van der Waals surface area contributed by atoms with E-state index in [4.69, 9.17) is 9.47 Å². The van der Waals surface area contributed by atoms with Crippen molar-refractivity contribution in [1.82, 2.24) is 14.9 Å². The van der Waals surface area contributed by atoms with Gasteiger partial charge in [-0.3, -0.25) is 14.6 Å². The first-order valence-corrected chi connectivity index (χ1v) is 14.0. The smallest absolute Gasteiger partial charge is 0.227 e. The third-order valence-corrected chi connectivity index (χ3v) is 7.89. The molecule has 1 N–H and O–H groups in total. The number of ether oxygens (including phenoxy) is 2. The van der Waals surface area contributed by atoms with E-state index < -0.39 is 5.82 Å². The van der Waals surface area contributed by atoms with Gasteiger partial charge in [-0.05, 0) is 31.5 Å². The van der Waals surface area contributed by atoms with E-state index in [0.717, 1.165) is 42.0 Å². The Morgan fingerprint density at radius 2 is 1.93 bits per heavy atom. The third-order valence-electron chi connectivity index (χ3n) is 7.89. The molecule has 6 rings (SSSR count). The van der Waals surface area contributed by atoms with E-state index in [-0.39, 0.29) is 23.6 Å². The minimum Gasteiger partial charge on any atom is -0.485 e. The van der Waals surface area contributed by atoms with Gasteiger partial charge in [0.2, 0.25) is 11.8 Å². The van der Waals surface area contributed by atoms with Crippen molar-refractivity contribution in [2.24, 2.45) is 0 Å². The van der Waals surface area contributed by atoms with E-state index in [1.807, 2.05) is 30.2 Å². The molecular weight excluding hydrogens is 527 g/mol. The molecule has 214 valence electrons. The molecule has 0 radical (unpaired) electrons. The van der Waals surface area contributed by atoms with Crippen LogP contribution in [0.5, 0.6) is 5.75 Å². The number of fused-ring (bicyclic) bond motifs is 3. The number of nitrogens with one attached hydrogen (secondary N) is 1. The average molecular weight is 561 g/mol. The largest absolute Gasteiger partial charge is 0.485 e. The van der Waals surface area contributed by atoms with Gasteiger partial charge in [-0.1, -0.05) is 0 Å². The number of rotatable bonds is 7. The summed E-state index contributed by atoms with van der Waals surface area (Å²) >= 11 is 0. The molecule has 2 saturated heterocycles. The molecule has 3 aliphatic rings. The molecule has 5 heterocycles. The standard InChI is InChI=1S/C30H33FN6O4/c1-19-22-14-28(33-18-24(22)23-13-25(31)26(15-27(23)41-19)37-6-3-4-30(37)39)34-20-12-21(17-32-16-20)35-7-9-36(10-8-35)29(38)5-11-40-2/h12-19H,3-11H2,1-2H3,(H,33,34)/t19-/m0/s1. The summed E-state index contributed by atoms with van der Waals surface area (Å²) in [4.78, 5) is 39.1. The molecule has 11 heteroatoms. The molecular formula is C30H33FN6O4. The van der Waals surface area contributed by atoms with Crippen LogP contribution in [0.2, 0.25) is 0 Å². The number of hydrogen-bond donors (Lipinski definition) is 1. The molecule has 3 aromatic rings. The number of methoxy groups -OCH3 is 1. The van der Waals surface area contributed by atoms with Crippen LogP contribution in [0.15, 0.2) is 42.9 Å². The number of pyridine rings is 2. The summed E-state index contributed by atoms with van der Waals surface area (Å²) in [7, 11) is 1.60. The number of carbonyl (C=O) groups excluding carboxylic acids is 2. The van der Waals surface area contributed by atoms with Crippen LogP contribution in [0.3, 0.4) is 0 Å². The lowest BCUT2D eigenvalue weighted by Crippen LogP contribution is -2.49. The molecule has 3 aliphatic heterocycles. The zero-order valence-corrected chi connectivity index (χ0v) is 23.2. The van der Waals surface area contributed by atoms with Crippen molar-refractivity contribution in [1.29, 1.82) is 0 Å². The first-order chi connectivity index (χ1) is 19.9. The maximum atomic E-state index is 15.1. The molecule has 0 unspecified atom stereocenters. The Kier molecular flexibility index (Phi) is 7.44. The summed E-state index contributed by atoms with van der Waals surface area (Å²) in [6, 6.07) is 7.00. The fourth-order valence-electron chi connectivity index (χ4n) is 5.69. The van der Waals surface area contributed by atoms with Gasteiger partial charge in [0.1, 0.15) is 23.5 Å². The topological polar surface area (TPSA) is 100 Å². The summed E-state index contributed by atoms with van der Waals surface area (Å²) < 4.78 is 26.4. The number of benzene rings is 1. The molecule has 0 aliphatic carbocycles. The van der Waals surface area contributed by atoms with E-state index in [0.29, 0.717) is 56.2 Å². The van der Waals surface area contributed by atoms with Crippen LogP contribution in [-0.2, 0) is 14.3 Å². The van der Waals surface area contributed by atoms with Crippen LogP contribution in [0.1, 0.15) is 37.9 Å². The van der Waals surface area contributed by atoms with E-state index in [1.54, 1.807) is 25.6 Å². The van der Waals surface area contributed by atoms with Crippen molar-refractivity contribution in [2.75, 3.05) is 61.6 Å². The lowest BCUT2D eigenvalue weighted by atomic mass is 9.94. The van der Waals surface area contributed by atoms with Gasteiger partial charge in [-0.2, -0.15) is 0 Å². The van der Waals surface area contributed by atoms with Crippen LogP contribution in [0, 0.1) is 5.82 Å². The van der Waals surface area contributed by atoms with Gasteiger partial charge in [0, 0.05) is 75.2 Å². The number of nitrogens with zero attached hydrogens (tertiary/aromatic N) is 5. The van der Waals surface area contributed by atoms with E-state index in [9.17, 15) is 9.59 Å². The van der Waals surface area contributed by atoms with Crippen molar-refractivity contribution >= 4 is 34.7 Å². The zero-order chi connectivity index (χ0) is 28.5. The van der Waals surface area contributed by atoms with Gasteiger partial charge < -0.3 is 29.5 Å². The van der Waals surface area contributed by atoms with Crippen LogP contribution in [0.4, 0.5) is 27.3 Å². The van der Waals surface area contributed by atoms with Gasteiger partial charge in [0.05, 0.1) is 42.5 Å². The summed E-state index contributed by atoms with van der Waals surface area (Å²) in [5.74, 6) is 0.757. The number of piperazine rings is 1. The Balaban J connectivity index is 1.17. The number of carbonyl (C=O) groups is 2. The number of amides is 2. The fourth-order valence-corrected chi connectivity index (χ4v) is 5.69. The maximum Gasteiger partial charge on any atom is 0.227 e. The summed E-state index contributed by atoms with van der Waals surface area (Å²) in [6.07, 6.45) is 6.55. The minimum absolute atomic E-state index is 0.0700. The SMILES string of the molecule is COCCC(=O)N1CCN(c2cncc(Nc3cc4c(cn3)-c3cc(F)c(N5CCCC5=O)cc3O[C@H]4C)c2)CC1. The number of hydrogen-bond acceptors (Lipinski definition) is 8. The highest BCUT2D eigenvalue weighted by atomic mass is 19.1. The fraction of sp³-hybridized carbons (Fsp3) is 0.400. The van der Waals surface area contributed by atoms with Gasteiger partial charge >= 0.3 is 0 Å². The highest BCUT2D eigenvalue weighted by Gasteiger charge is 2.30. The molecule has 2 amide bonds. The van der Waals surface area contributed by atoms with Crippen molar-refractivity contribution in [2.45, 2.75) is 32.3 Å². The predicted molar refractivity (Wildman–Crippen MR) is 153 cm³/mol. The lowest BCUT2D eigenvalue weighted by molar-refractivity contribution is -0.132. The van der Waals surface area contributed by atoms with Crippen molar-refractivity contribution in [3.63, 3.8) is 0 Å². The summed E-state index contributed by atoms with van der Waals surface area (Å²) in [6.45, 7) is 5.64. The Labute approximate surface area is 238 Å². The Morgan fingerprint density at radius 1 is 1.10 bits per heavy atom.